The molecule has 0 unspecified atom stereocenters. The summed E-state index contributed by atoms with van der Waals surface area (Å²) in [5, 5.41) is 8.55. The van der Waals surface area contributed by atoms with Gasteiger partial charge in [0.1, 0.15) is 0 Å². The van der Waals surface area contributed by atoms with Crippen LogP contribution in [0.25, 0.3) is 43.2 Å². The lowest BCUT2D eigenvalue weighted by Crippen LogP contribution is -2.05. The second kappa shape index (κ2) is 9.67. The molecule has 1 aromatic heterocycles. The molecule has 0 atom stereocenters. The first-order chi connectivity index (χ1) is 18.1. The number of carbonyl (C=O) groups excluding carboxylic acids is 1. The maximum Gasteiger partial charge on any atom is 0.357 e. The molecule has 3 nitrogen and oxygen atoms in total. The lowest BCUT2D eigenvalue weighted by Gasteiger charge is -2.18. The van der Waals surface area contributed by atoms with Crippen molar-refractivity contribution in [3.05, 3.63) is 113 Å². The normalized spacial score (nSPS) is 12.8. The molecule has 0 aliphatic heterocycles. The summed E-state index contributed by atoms with van der Waals surface area (Å²) >= 11 is 0. The third-order valence-electron chi connectivity index (χ3n) is 7.49. The molecule has 0 bridgehead atoms. The highest BCUT2D eigenvalue weighted by atomic mass is 16.5. The Morgan fingerprint density at radius 1 is 0.703 bits per heavy atom. The van der Waals surface area contributed by atoms with Crippen LogP contribution in [-0.4, -0.2) is 18.1 Å². The van der Waals surface area contributed by atoms with E-state index in [2.05, 4.69) is 54.4 Å². The van der Waals surface area contributed by atoms with E-state index < -0.39 is 5.97 Å². The third-order valence-corrected chi connectivity index (χ3v) is 7.49. The van der Waals surface area contributed by atoms with Gasteiger partial charge in [-0.2, -0.15) is 0 Å². The summed E-state index contributed by atoms with van der Waals surface area (Å²) < 4.78 is 4.79. The Labute approximate surface area is 216 Å². The molecule has 37 heavy (non-hydrogen) atoms. The highest BCUT2D eigenvalue weighted by Gasteiger charge is 2.15. The van der Waals surface area contributed by atoms with Crippen LogP contribution in [0.5, 0.6) is 0 Å². The van der Waals surface area contributed by atoms with E-state index in [9.17, 15) is 4.79 Å². The molecule has 7 rings (SSSR count). The number of methoxy groups -OCH3 is 1. The number of fused-ring (bicyclic) bond motifs is 8. The van der Waals surface area contributed by atoms with Crippen molar-refractivity contribution in [2.45, 2.75) is 32.6 Å². The van der Waals surface area contributed by atoms with Crippen LogP contribution in [0, 0.1) is 6.92 Å². The van der Waals surface area contributed by atoms with E-state index in [0.717, 1.165) is 21.7 Å². The van der Waals surface area contributed by atoms with Crippen LogP contribution in [0.15, 0.2) is 91.0 Å². The summed E-state index contributed by atoms with van der Waals surface area (Å²) in [5.74, 6) is -0.406. The molecule has 1 aliphatic rings. The minimum atomic E-state index is -0.406. The van der Waals surface area contributed by atoms with Gasteiger partial charge in [0.2, 0.25) is 0 Å². The predicted octanol–water partition coefficient (Wildman–Crippen LogP) is 8.35. The number of hydrogen-bond acceptors (Lipinski definition) is 3. The lowest BCUT2D eigenvalue weighted by molar-refractivity contribution is 0.0597. The van der Waals surface area contributed by atoms with E-state index >= 15 is 0 Å². The zero-order chi connectivity index (χ0) is 25.4. The molecule has 6 aromatic rings. The first kappa shape index (κ1) is 23.2. The van der Waals surface area contributed by atoms with Crippen LogP contribution in [0.1, 0.15) is 40.0 Å². The van der Waals surface area contributed by atoms with Gasteiger partial charge in [-0.15, -0.1) is 0 Å². The average molecular weight is 484 g/mol. The number of hydrogen-bond donors (Lipinski definition) is 0. The summed E-state index contributed by atoms with van der Waals surface area (Å²) in [6.45, 7) is 2.16. The smallest absolute Gasteiger partial charge is 0.357 e. The van der Waals surface area contributed by atoms with Crippen molar-refractivity contribution in [3.8, 4) is 0 Å². The number of esters is 1. The summed E-state index contributed by atoms with van der Waals surface area (Å²) in [6, 6.07) is 31.6. The maximum absolute atomic E-state index is 11.8. The first-order valence-electron chi connectivity index (χ1n) is 12.9. The molecule has 1 aliphatic carbocycles. The summed E-state index contributed by atoms with van der Waals surface area (Å²) in [4.78, 5) is 16.2. The minimum absolute atomic E-state index is 0.367. The average Bonchev–Trinajstić information content (AvgIpc) is 2.96. The van der Waals surface area contributed by atoms with Gasteiger partial charge < -0.3 is 4.74 Å². The van der Waals surface area contributed by atoms with E-state index in [1.165, 1.54) is 59.9 Å². The topological polar surface area (TPSA) is 39.2 Å². The van der Waals surface area contributed by atoms with Gasteiger partial charge in [0.05, 0.1) is 12.6 Å². The number of nitrogens with zero attached hydrogens (tertiary/aromatic N) is 1. The van der Waals surface area contributed by atoms with Gasteiger partial charge in [0.25, 0.3) is 0 Å². The highest BCUT2D eigenvalue weighted by Crippen LogP contribution is 2.33. The predicted molar refractivity (Wildman–Crippen MR) is 153 cm³/mol. The standard InChI is InChI=1S/C19H18.C15H11NO2/c1-13-6-9-17-15(12-13)8-11-18-16-5-3-2-4-14(16)7-10-19(17)18;1-18-15(17)14-12-8-3-2-6-10(12)11-7-4-5-9-13(11)16-14/h6-12H,2-5H2,1H3;2-9H,1H3. The van der Waals surface area contributed by atoms with Crippen LogP contribution < -0.4 is 0 Å². The van der Waals surface area contributed by atoms with E-state index in [1.54, 1.807) is 11.1 Å². The molecular weight excluding hydrogens is 454 g/mol. The van der Waals surface area contributed by atoms with Crippen LogP contribution >= 0.6 is 0 Å². The van der Waals surface area contributed by atoms with Crippen molar-refractivity contribution in [2.24, 2.45) is 0 Å². The Balaban J connectivity index is 0.000000136. The third kappa shape index (κ3) is 4.21. The van der Waals surface area contributed by atoms with Crippen LogP contribution in [-0.2, 0) is 17.6 Å². The number of rotatable bonds is 1. The minimum Gasteiger partial charge on any atom is -0.464 e. The van der Waals surface area contributed by atoms with Gasteiger partial charge in [-0.3, -0.25) is 0 Å². The monoisotopic (exact) mass is 483 g/mol. The number of aryl methyl sites for hydroxylation is 3. The van der Waals surface area contributed by atoms with Crippen LogP contribution in [0.3, 0.4) is 0 Å². The fourth-order valence-electron chi connectivity index (χ4n) is 5.68. The van der Waals surface area contributed by atoms with Gasteiger partial charge in [0.15, 0.2) is 5.69 Å². The second-order valence-corrected chi connectivity index (χ2v) is 9.81. The molecule has 0 saturated heterocycles. The zero-order valence-electron chi connectivity index (χ0n) is 21.3. The molecule has 0 saturated carbocycles. The largest absolute Gasteiger partial charge is 0.464 e. The van der Waals surface area contributed by atoms with Gasteiger partial charge in [-0.05, 0) is 76.7 Å². The Hall–Kier alpha value is -4.24. The van der Waals surface area contributed by atoms with E-state index in [4.69, 9.17) is 4.74 Å². The fourth-order valence-corrected chi connectivity index (χ4v) is 5.68. The molecule has 0 spiro atoms. The molecule has 1 heterocycles. The van der Waals surface area contributed by atoms with Gasteiger partial charge >= 0.3 is 5.97 Å². The van der Waals surface area contributed by atoms with Crippen molar-refractivity contribution < 1.29 is 9.53 Å². The van der Waals surface area contributed by atoms with Gasteiger partial charge in [-0.25, -0.2) is 9.78 Å². The van der Waals surface area contributed by atoms with Gasteiger partial charge in [0, 0.05) is 10.8 Å². The van der Waals surface area contributed by atoms with Crippen molar-refractivity contribution in [1.82, 2.24) is 4.98 Å². The number of aromatic nitrogens is 1. The first-order valence-corrected chi connectivity index (χ1v) is 12.9. The Morgan fingerprint density at radius 3 is 2.22 bits per heavy atom. The summed E-state index contributed by atoms with van der Waals surface area (Å²) in [7, 11) is 1.37. The molecule has 0 amide bonds. The van der Waals surface area contributed by atoms with Crippen molar-refractivity contribution in [3.63, 3.8) is 0 Å². The van der Waals surface area contributed by atoms with Gasteiger partial charge in [-0.1, -0.05) is 90.5 Å². The zero-order valence-corrected chi connectivity index (χ0v) is 21.3. The lowest BCUT2D eigenvalue weighted by atomic mass is 9.86. The number of carbonyl (C=O) groups is 1. The number of pyridine rings is 1. The Morgan fingerprint density at radius 2 is 1.38 bits per heavy atom. The molecular formula is C34H29NO2. The summed E-state index contributed by atoms with van der Waals surface area (Å²) in [6.07, 6.45) is 5.21. The van der Waals surface area contributed by atoms with E-state index in [-0.39, 0.29) is 0 Å². The number of ether oxygens (including phenoxy) is 1. The number of benzene rings is 5. The molecule has 0 N–H and O–H groups in total. The molecule has 182 valence electrons. The highest BCUT2D eigenvalue weighted by molar-refractivity contribution is 6.13. The molecule has 5 aromatic carbocycles. The maximum atomic E-state index is 11.8. The van der Waals surface area contributed by atoms with Crippen molar-refractivity contribution in [1.29, 1.82) is 0 Å². The second-order valence-electron chi connectivity index (χ2n) is 9.81. The molecule has 3 heteroatoms. The summed E-state index contributed by atoms with van der Waals surface area (Å²) in [5.41, 5.74) is 5.68. The number of para-hydroxylation sites is 1. The van der Waals surface area contributed by atoms with Crippen molar-refractivity contribution in [2.75, 3.05) is 7.11 Å². The van der Waals surface area contributed by atoms with Crippen LogP contribution in [0.2, 0.25) is 0 Å². The van der Waals surface area contributed by atoms with Crippen LogP contribution in [0.4, 0.5) is 0 Å². The van der Waals surface area contributed by atoms with E-state index in [0.29, 0.717) is 5.69 Å². The Kier molecular flexibility index (Phi) is 6.05. The molecule has 0 fully saturated rings. The molecule has 0 radical (unpaired) electrons. The van der Waals surface area contributed by atoms with E-state index in [1.807, 2.05) is 48.5 Å². The quantitative estimate of drug-likeness (QED) is 0.174. The Bertz CT molecular complexity index is 1800. The van der Waals surface area contributed by atoms with Crippen molar-refractivity contribution >= 4 is 49.2 Å². The SMILES string of the molecule is COC(=O)c1nc2ccccc2c2ccccc12.Cc1ccc2c(ccc3c4c(ccc32)CCCC4)c1. The fraction of sp³-hybridized carbons (Fsp3) is 0.176.